The Labute approximate surface area is 136 Å². The maximum absolute atomic E-state index is 9.14. The van der Waals surface area contributed by atoms with Gasteiger partial charge in [-0.15, -0.1) is 0 Å². The third-order valence-corrected chi connectivity index (χ3v) is 4.25. The number of halogens is 3. The summed E-state index contributed by atoms with van der Waals surface area (Å²) in [6.45, 7) is 1.97. The number of anilines is 1. The summed E-state index contributed by atoms with van der Waals surface area (Å²) in [5.41, 5.74) is 2.23. The van der Waals surface area contributed by atoms with Gasteiger partial charge in [-0.3, -0.25) is 0 Å². The van der Waals surface area contributed by atoms with Crippen molar-refractivity contribution in [2.75, 3.05) is 5.32 Å². The van der Waals surface area contributed by atoms with Gasteiger partial charge in [0.25, 0.3) is 0 Å². The highest BCUT2D eigenvalue weighted by atomic mass is 79.9. The van der Waals surface area contributed by atoms with Gasteiger partial charge in [0, 0.05) is 4.47 Å². The molecule has 1 N–H and O–H groups in total. The highest BCUT2D eigenvalue weighted by molar-refractivity contribution is 9.10. The maximum Gasteiger partial charge on any atom is 0.101 e. The standard InChI is InChI=1S/C15H11BrCl2N2/c1-9(12-3-2-4-13(17)15(12)18)20-14-7-11(16)6-5-10(14)8-19/h2-7,9,20H,1H3. The SMILES string of the molecule is CC(Nc1cc(Br)ccc1C#N)c1cccc(Cl)c1Cl. The van der Waals surface area contributed by atoms with E-state index in [4.69, 9.17) is 28.5 Å². The summed E-state index contributed by atoms with van der Waals surface area (Å²) in [6.07, 6.45) is 0. The van der Waals surface area contributed by atoms with Crippen molar-refractivity contribution >= 4 is 44.8 Å². The molecule has 0 radical (unpaired) electrons. The van der Waals surface area contributed by atoms with Crippen LogP contribution < -0.4 is 5.32 Å². The molecule has 1 atom stereocenters. The summed E-state index contributed by atoms with van der Waals surface area (Å²) in [4.78, 5) is 0. The van der Waals surface area contributed by atoms with Gasteiger partial charge in [-0.25, -0.2) is 0 Å². The molecule has 1 unspecified atom stereocenters. The van der Waals surface area contributed by atoms with E-state index in [0.29, 0.717) is 15.6 Å². The van der Waals surface area contributed by atoms with Crippen molar-refractivity contribution < 1.29 is 0 Å². The molecule has 2 aromatic rings. The lowest BCUT2D eigenvalue weighted by molar-refractivity contribution is 0.884. The molecule has 0 amide bonds. The van der Waals surface area contributed by atoms with E-state index >= 15 is 0 Å². The molecule has 0 heterocycles. The van der Waals surface area contributed by atoms with Crippen LogP contribution in [0, 0.1) is 11.3 Å². The smallest absolute Gasteiger partial charge is 0.101 e. The van der Waals surface area contributed by atoms with Gasteiger partial charge in [0.05, 0.1) is 27.3 Å². The Morgan fingerprint density at radius 1 is 1.25 bits per heavy atom. The fourth-order valence-electron chi connectivity index (χ4n) is 1.90. The molecule has 0 aliphatic heterocycles. The van der Waals surface area contributed by atoms with Crippen LogP contribution in [0.1, 0.15) is 24.1 Å². The number of rotatable bonds is 3. The maximum atomic E-state index is 9.14. The second-order valence-corrected chi connectivity index (χ2v) is 6.01. The first-order valence-electron chi connectivity index (χ1n) is 5.93. The fraction of sp³-hybridized carbons (Fsp3) is 0.133. The predicted octanol–water partition coefficient (Wildman–Crippen LogP) is 5.80. The van der Waals surface area contributed by atoms with E-state index in [1.165, 1.54) is 0 Å². The Kier molecular flexibility index (Phi) is 4.93. The van der Waals surface area contributed by atoms with Crippen LogP contribution in [0.4, 0.5) is 5.69 Å². The summed E-state index contributed by atoms with van der Waals surface area (Å²) >= 11 is 15.6. The second-order valence-electron chi connectivity index (χ2n) is 4.31. The number of nitriles is 1. The zero-order valence-corrected chi connectivity index (χ0v) is 13.7. The Balaban J connectivity index is 2.33. The molecule has 2 nitrogen and oxygen atoms in total. The molecular weight excluding hydrogens is 359 g/mol. The van der Waals surface area contributed by atoms with Gasteiger partial charge in [-0.2, -0.15) is 5.26 Å². The molecule has 2 rings (SSSR count). The molecule has 0 fully saturated rings. The Bertz CT molecular complexity index is 680. The Morgan fingerprint density at radius 3 is 2.70 bits per heavy atom. The quantitative estimate of drug-likeness (QED) is 0.741. The molecular formula is C15H11BrCl2N2. The zero-order chi connectivity index (χ0) is 14.7. The van der Waals surface area contributed by atoms with E-state index in [0.717, 1.165) is 15.7 Å². The molecule has 102 valence electrons. The normalized spacial score (nSPS) is 11.8. The van der Waals surface area contributed by atoms with Gasteiger partial charge in [-0.05, 0) is 36.8 Å². The third-order valence-electron chi connectivity index (χ3n) is 2.92. The Morgan fingerprint density at radius 2 is 2.00 bits per heavy atom. The van der Waals surface area contributed by atoms with E-state index < -0.39 is 0 Å². The topological polar surface area (TPSA) is 35.8 Å². The molecule has 5 heteroatoms. The first kappa shape index (κ1) is 15.2. The van der Waals surface area contributed by atoms with E-state index in [1.54, 1.807) is 12.1 Å². The Hall–Kier alpha value is -1.21. The number of nitrogens with zero attached hydrogens (tertiary/aromatic N) is 1. The molecule has 20 heavy (non-hydrogen) atoms. The number of hydrogen-bond acceptors (Lipinski definition) is 2. The molecule has 0 bridgehead atoms. The van der Waals surface area contributed by atoms with Gasteiger partial charge >= 0.3 is 0 Å². The number of benzene rings is 2. The predicted molar refractivity (Wildman–Crippen MR) is 87.4 cm³/mol. The van der Waals surface area contributed by atoms with E-state index in [9.17, 15) is 0 Å². The van der Waals surface area contributed by atoms with Gasteiger partial charge in [0.15, 0.2) is 0 Å². The molecule has 2 aromatic carbocycles. The van der Waals surface area contributed by atoms with E-state index in [1.807, 2.05) is 31.2 Å². The zero-order valence-electron chi connectivity index (χ0n) is 10.6. The van der Waals surface area contributed by atoms with Gasteiger partial charge in [-0.1, -0.05) is 51.3 Å². The lowest BCUT2D eigenvalue weighted by Gasteiger charge is -2.18. The molecule has 0 aliphatic rings. The van der Waals surface area contributed by atoms with Crippen LogP contribution in [0.2, 0.25) is 10.0 Å². The fourth-order valence-corrected chi connectivity index (χ4v) is 2.73. The highest BCUT2D eigenvalue weighted by Gasteiger charge is 2.13. The van der Waals surface area contributed by atoms with Crippen LogP contribution in [0.25, 0.3) is 0 Å². The average molecular weight is 370 g/mol. The van der Waals surface area contributed by atoms with Crippen LogP contribution >= 0.6 is 39.1 Å². The van der Waals surface area contributed by atoms with Crippen molar-refractivity contribution in [2.24, 2.45) is 0 Å². The number of nitrogens with one attached hydrogen (secondary N) is 1. The first-order valence-corrected chi connectivity index (χ1v) is 7.48. The second kappa shape index (κ2) is 6.49. The van der Waals surface area contributed by atoms with E-state index in [-0.39, 0.29) is 6.04 Å². The van der Waals surface area contributed by atoms with Crippen LogP contribution in [0.3, 0.4) is 0 Å². The monoisotopic (exact) mass is 368 g/mol. The van der Waals surface area contributed by atoms with Crippen molar-refractivity contribution in [3.63, 3.8) is 0 Å². The van der Waals surface area contributed by atoms with Crippen molar-refractivity contribution in [3.05, 3.63) is 62.0 Å². The minimum atomic E-state index is -0.0670. The summed E-state index contributed by atoms with van der Waals surface area (Å²) in [6, 6.07) is 13.1. The van der Waals surface area contributed by atoms with Gasteiger partial charge < -0.3 is 5.32 Å². The van der Waals surface area contributed by atoms with Crippen molar-refractivity contribution in [3.8, 4) is 6.07 Å². The lowest BCUT2D eigenvalue weighted by Crippen LogP contribution is -2.08. The summed E-state index contributed by atoms with van der Waals surface area (Å²) < 4.78 is 0.906. The van der Waals surface area contributed by atoms with Crippen molar-refractivity contribution in [1.29, 1.82) is 5.26 Å². The summed E-state index contributed by atoms with van der Waals surface area (Å²) in [5.74, 6) is 0. The van der Waals surface area contributed by atoms with Crippen molar-refractivity contribution in [1.82, 2.24) is 0 Å². The average Bonchev–Trinajstić information content (AvgIpc) is 2.42. The van der Waals surface area contributed by atoms with Crippen LogP contribution in [-0.2, 0) is 0 Å². The molecule has 0 saturated heterocycles. The third kappa shape index (κ3) is 3.27. The molecule has 0 spiro atoms. The molecule has 0 aliphatic carbocycles. The summed E-state index contributed by atoms with van der Waals surface area (Å²) in [7, 11) is 0. The van der Waals surface area contributed by atoms with Gasteiger partial charge in [0.1, 0.15) is 6.07 Å². The van der Waals surface area contributed by atoms with E-state index in [2.05, 4.69) is 27.3 Å². The van der Waals surface area contributed by atoms with Crippen LogP contribution in [0.5, 0.6) is 0 Å². The molecule has 0 aromatic heterocycles. The van der Waals surface area contributed by atoms with Crippen molar-refractivity contribution in [2.45, 2.75) is 13.0 Å². The molecule has 0 saturated carbocycles. The number of hydrogen-bond donors (Lipinski definition) is 1. The first-order chi connectivity index (χ1) is 9.52. The summed E-state index contributed by atoms with van der Waals surface area (Å²) in [5, 5.41) is 13.5. The minimum Gasteiger partial charge on any atom is -0.377 e. The lowest BCUT2D eigenvalue weighted by atomic mass is 10.1. The van der Waals surface area contributed by atoms with Crippen LogP contribution in [0.15, 0.2) is 40.9 Å². The minimum absolute atomic E-state index is 0.0670. The highest BCUT2D eigenvalue weighted by Crippen LogP contribution is 2.32. The van der Waals surface area contributed by atoms with Gasteiger partial charge in [0.2, 0.25) is 0 Å². The largest absolute Gasteiger partial charge is 0.377 e. The van der Waals surface area contributed by atoms with Crippen LogP contribution in [-0.4, -0.2) is 0 Å².